The molecule has 0 aliphatic carbocycles. The molecule has 0 heterocycles. The fourth-order valence-corrected chi connectivity index (χ4v) is 6.64. The van der Waals surface area contributed by atoms with Gasteiger partial charge in [0.2, 0.25) is 26.0 Å². The molecule has 0 unspecified atom stereocenters. The molecule has 444 valence electrons. The van der Waals surface area contributed by atoms with Crippen LogP contribution in [-0.2, 0) is 63.5 Å². The van der Waals surface area contributed by atoms with E-state index < -0.39 is 61.8 Å². The zero-order valence-corrected chi connectivity index (χ0v) is 56.3. The summed E-state index contributed by atoms with van der Waals surface area (Å²) in [7, 11) is 0. The van der Waals surface area contributed by atoms with E-state index in [2.05, 4.69) is 83.1 Å². The van der Waals surface area contributed by atoms with Crippen molar-refractivity contribution in [2.75, 3.05) is 0 Å². The molecule has 0 fully saturated rings. The van der Waals surface area contributed by atoms with Crippen molar-refractivity contribution in [1.82, 2.24) is 0 Å². The maximum Gasteiger partial charge on any atom is 0.340 e. The van der Waals surface area contributed by atoms with Gasteiger partial charge in [-0.3, -0.25) is 0 Å². The molecule has 0 aromatic rings. The summed E-state index contributed by atoms with van der Waals surface area (Å²) < 4.78 is -9.61. The van der Waals surface area contributed by atoms with Crippen LogP contribution < -0.4 is 0 Å². The second-order valence-electron chi connectivity index (χ2n) is 19.8. The van der Waals surface area contributed by atoms with E-state index in [4.69, 9.17) is 170 Å². The normalized spacial score (nSPS) is 11.8. The maximum atomic E-state index is 10.4. The molecule has 0 bridgehead atoms. The summed E-state index contributed by atoms with van der Waals surface area (Å²) in [6.07, 6.45) is 12.1. The molecule has 0 rings (SSSR count). The summed E-state index contributed by atoms with van der Waals surface area (Å²) in [6, 6.07) is 0. The first kappa shape index (κ1) is 91.8. The number of carboxylic acid groups (broad SMARTS) is 6. The van der Waals surface area contributed by atoms with Gasteiger partial charge < -0.3 is 30.6 Å². The molecule has 0 aliphatic rings. The van der Waals surface area contributed by atoms with Crippen molar-refractivity contribution in [2.45, 2.75) is 225 Å². The zero-order chi connectivity index (χ0) is 58.7. The Hall–Kier alpha value is 1.36. The molecule has 0 amide bonds. The van der Waals surface area contributed by atoms with Crippen molar-refractivity contribution >= 4 is 175 Å². The smallest absolute Gasteiger partial charge is 0.340 e. The van der Waals surface area contributed by atoms with E-state index in [1.165, 1.54) is 0 Å². The Morgan fingerprint density at radius 2 is 0.338 bits per heavy atom. The van der Waals surface area contributed by atoms with E-state index in [0.717, 1.165) is 77.0 Å². The van der Waals surface area contributed by atoms with Crippen LogP contribution in [0.15, 0.2) is 0 Å². The van der Waals surface area contributed by atoms with Crippen LogP contribution in [0.1, 0.15) is 199 Å². The molecule has 0 spiro atoms. The Balaban J connectivity index is -0.000000117. The van der Waals surface area contributed by atoms with Crippen LogP contribution in [0.3, 0.4) is 0 Å². The standard InChI is InChI=1S/6C8H14Cl2O2.2Cr/c6*1-6(2)4-3-5-8(9,10)7(11)12;;/h6*6H,3-5H2,1-2H3,(H,11,12);;. The Kier molecular flexibility index (Phi) is 59.5. The minimum Gasteiger partial charge on any atom is -0.479 e. The third-order valence-corrected chi connectivity index (χ3v) is 13.7. The number of hydrogen-bond donors (Lipinski definition) is 6. The molecule has 0 radical (unpaired) electrons. The number of carboxylic acids is 6. The Morgan fingerprint density at radius 3 is 0.392 bits per heavy atom. The molecule has 0 aromatic heterocycles. The SMILES string of the molecule is CC(C)CCCC(Cl)(Cl)C(=O)O.CC(C)CCCC(Cl)(Cl)C(=O)O.CC(C)CCCC(Cl)(Cl)C(=O)O.CC(C)CCCC(Cl)(Cl)C(=O)O.CC(C)CCCC(Cl)(Cl)C(=O)O.CC(C)CCCC(Cl)(Cl)C(=O)O.[Cr].[Cr]. The summed E-state index contributed by atoms with van der Waals surface area (Å²) >= 11 is 66.2. The summed E-state index contributed by atoms with van der Waals surface area (Å²) in [6.45, 7) is 24.9. The van der Waals surface area contributed by atoms with E-state index in [9.17, 15) is 28.8 Å². The maximum absolute atomic E-state index is 10.4. The van der Waals surface area contributed by atoms with Crippen molar-refractivity contribution in [3.05, 3.63) is 0 Å². The average molecular weight is 1380 g/mol. The minimum atomic E-state index is -1.60. The summed E-state index contributed by atoms with van der Waals surface area (Å²) in [5, 5.41) is 51.3. The van der Waals surface area contributed by atoms with Gasteiger partial charge in [0, 0.05) is 34.7 Å². The molecular formula is C48H84Cl12Cr2O12. The first-order valence-electron chi connectivity index (χ1n) is 23.8. The summed E-state index contributed by atoms with van der Waals surface area (Å²) in [5.41, 5.74) is 0. The summed E-state index contributed by atoms with van der Waals surface area (Å²) in [4.78, 5) is 62.6. The van der Waals surface area contributed by atoms with Crippen molar-refractivity contribution in [3.8, 4) is 0 Å². The summed E-state index contributed by atoms with van der Waals surface area (Å²) in [5.74, 6) is -3.60. The van der Waals surface area contributed by atoms with Crippen molar-refractivity contribution in [2.24, 2.45) is 35.5 Å². The monoisotopic (exact) mass is 1380 g/mol. The molecule has 0 aliphatic heterocycles. The zero-order valence-electron chi connectivity index (χ0n) is 44.7. The Labute approximate surface area is 524 Å². The molecule has 0 saturated carbocycles. The molecule has 0 atom stereocenters. The molecule has 12 nitrogen and oxygen atoms in total. The van der Waals surface area contributed by atoms with Crippen LogP contribution in [0.4, 0.5) is 0 Å². The Morgan fingerprint density at radius 1 is 0.257 bits per heavy atom. The van der Waals surface area contributed by atoms with Gasteiger partial charge in [-0.1, -0.05) is 261 Å². The fraction of sp³-hybridized carbons (Fsp3) is 0.875. The third kappa shape index (κ3) is 61.0. The van der Waals surface area contributed by atoms with Crippen molar-refractivity contribution < 1.29 is 94.1 Å². The predicted molar refractivity (Wildman–Crippen MR) is 305 cm³/mol. The van der Waals surface area contributed by atoms with Gasteiger partial charge in [-0.2, -0.15) is 0 Å². The number of aliphatic carboxylic acids is 6. The van der Waals surface area contributed by atoms with Crippen LogP contribution in [0.5, 0.6) is 0 Å². The fourth-order valence-electron chi connectivity index (χ4n) is 5.04. The van der Waals surface area contributed by atoms with Gasteiger partial charge in [-0.25, -0.2) is 28.8 Å². The van der Waals surface area contributed by atoms with E-state index >= 15 is 0 Å². The van der Waals surface area contributed by atoms with Gasteiger partial charge in [-0.05, 0) is 113 Å². The van der Waals surface area contributed by atoms with E-state index in [-0.39, 0.29) is 34.7 Å². The quantitative estimate of drug-likeness (QED) is 0.0370. The number of rotatable bonds is 30. The number of halogens is 12. The van der Waals surface area contributed by atoms with E-state index in [1.54, 1.807) is 0 Å². The topological polar surface area (TPSA) is 224 Å². The predicted octanol–water partition coefficient (Wildman–Crippen LogP) is 18.4. The number of alkyl halides is 12. The van der Waals surface area contributed by atoms with Gasteiger partial charge in [0.1, 0.15) is 0 Å². The molecule has 74 heavy (non-hydrogen) atoms. The third-order valence-electron chi connectivity index (χ3n) is 9.51. The van der Waals surface area contributed by atoms with Crippen LogP contribution >= 0.6 is 139 Å². The van der Waals surface area contributed by atoms with E-state index in [1.807, 2.05) is 0 Å². The minimum absolute atomic E-state index is 0. The largest absolute Gasteiger partial charge is 0.479 e. The second kappa shape index (κ2) is 47.9. The van der Waals surface area contributed by atoms with Gasteiger partial charge in [-0.15, -0.1) is 0 Å². The van der Waals surface area contributed by atoms with Gasteiger partial charge in [0.15, 0.2) is 0 Å². The van der Waals surface area contributed by atoms with Crippen molar-refractivity contribution in [1.29, 1.82) is 0 Å². The average Bonchev–Trinajstić information content (AvgIpc) is 3.17. The Bertz CT molecular complexity index is 1220. The molecule has 6 N–H and O–H groups in total. The number of hydrogen-bond acceptors (Lipinski definition) is 6. The van der Waals surface area contributed by atoms with E-state index in [0.29, 0.717) is 74.0 Å². The first-order chi connectivity index (χ1) is 32.2. The molecule has 0 saturated heterocycles. The van der Waals surface area contributed by atoms with Crippen LogP contribution in [0.2, 0.25) is 0 Å². The second-order valence-corrected chi connectivity index (χ2v) is 28.7. The van der Waals surface area contributed by atoms with Crippen LogP contribution in [0.25, 0.3) is 0 Å². The van der Waals surface area contributed by atoms with Gasteiger partial charge >= 0.3 is 35.8 Å². The van der Waals surface area contributed by atoms with Crippen molar-refractivity contribution in [3.63, 3.8) is 0 Å². The molecular weight excluding hydrogens is 1300 g/mol. The van der Waals surface area contributed by atoms with Crippen LogP contribution in [0, 0.1) is 35.5 Å². The van der Waals surface area contributed by atoms with Crippen LogP contribution in [-0.4, -0.2) is 92.5 Å². The molecule has 0 aromatic carbocycles. The van der Waals surface area contributed by atoms with Gasteiger partial charge in [0.25, 0.3) is 0 Å². The van der Waals surface area contributed by atoms with Gasteiger partial charge in [0.05, 0.1) is 0 Å². The first-order valence-corrected chi connectivity index (χ1v) is 28.4. The number of carbonyl (C=O) groups is 6. The molecule has 26 heteroatoms.